The molecule has 1 saturated heterocycles. The van der Waals surface area contributed by atoms with Crippen LogP contribution in [0.25, 0.3) is 10.4 Å². The number of benzene rings is 2. The van der Waals surface area contributed by atoms with Gasteiger partial charge in [-0.2, -0.15) is 0 Å². The summed E-state index contributed by atoms with van der Waals surface area (Å²) in [7, 11) is 0. The standard InChI is InChI=1S/C31H37FN4O4S/c1-18(2)28(35(17-37)14-24-7-6-8-26(32)20(24)4)31(40)36-15-25(38)12-27(36)30(39)33-13-23-10-9-22(11-19(23)3)29-21(5)34-16-41-29/h6-11,16-18,25,27-28,38H,12-15H2,1-5H3,(H,33,39). The minimum atomic E-state index is -0.888. The highest BCUT2D eigenvalue weighted by Crippen LogP contribution is 2.29. The van der Waals surface area contributed by atoms with Gasteiger partial charge in [-0.25, -0.2) is 9.37 Å². The van der Waals surface area contributed by atoms with E-state index in [9.17, 15) is 23.9 Å². The van der Waals surface area contributed by atoms with Gasteiger partial charge < -0.3 is 20.2 Å². The van der Waals surface area contributed by atoms with Crippen molar-refractivity contribution in [1.82, 2.24) is 20.1 Å². The lowest BCUT2D eigenvalue weighted by atomic mass is 9.99. The molecule has 4 rings (SSSR count). The number of aliphatic hydroxyl groups is 1. The van der Waals surface area contributed by atoms with Crippen molar-refractivity contribution in [2.45, 2.75) is 72.3 Å². The molecule has 0 spiro atoms. The van der Waals surface area contributed by atoms with Crippen LogP contribution in [0.1, 0.15) is 48.2 Å². The van der Waals surface area contributed by atoms with Crippen molar-refractivity contribution in [3.05, 3.63) is 75.7 Å². The summed E-state index contributed by atoms with van der Waals surface area (Å²) in [6, 6.07) is 8.93. The third-order valence-electron chi connectivity index (χ3n) is 7.78. The summed E-state index contributed by atoms with van der Waals surface area (Å²) < 4.78 is 14.1. The number of thiazole rings is 1. The normalized spacial score (nSPS) is 17.5. The minimum Gasteiger partial charge on any atom is -0.391 e. The van der Waals surface area contributed by atoms with Gasteiger partial charge in [0.05, 0.1) is 22.2 Å². The fourth-order valence-corrected chi connectivity index (χ4v) is 6.22. The molecule has 3 unspecified atom stereocenters. The first-order chi connectivity index (χ1) is 19.5. The molecular formula is C31H37FN4O4S. The number of carbonyl (C=O) groups excluding carboxylic acids is 3. The number of nitrogens with zero attached hydrogens (tertiary/aromatic N) is 3. The highest BCUT2D eigenvalue weighted by atomic mass is 32.1. The molecule has 8 nitrogen and oxygen atoms in total. The van der Waals surface area contributed by atoms with Gasteiger partial charge in [-0.3, -0.25) is 14.4 Å². The number of aryl methyl sites for hydroxylation is 2. The number of β-amino-alcohol motifs (C(OH)–C–C–N with tert-alkyl or cyclic N) is 1. The molecule has 2 N–H and O–H groups in total. The van der Waals surface area contributed by atoms with Gasteiger partial charge in [0.2, 0.25) is 18.2 Å². The van der Waals surface area contributed by atoms with E-state index >= 15 is 0 Å². The van der Waals surface area contributed by atoms with Crippen LogP contribution in [0.2, 0.25) is 0 Å². The minimum absolute atomic E-state index is 0.00620. The molecule has 0 bridgehead atoms. The van der Waals surface area contributed by atoms with E-state index < -0.39 is 24.1 Å². The van der Waals surface area contributed by atoms with Gasteiger partial charge in [0.15, 0.2) is 0 Å². The largest absolute Gasteiger partial charge is 0.391 e. The number of hydrogen-bond donors (Lipinski definition) is 2. The zero-order valence-electron chi connectivity index (χ0n) is 24.1. The Labute approximate surface area is 244 Å². The van der Waals surface area contributed by atoms with Gasteiger partial charge in [-0.05, 0) is 60.6 Å². The summed E-state index contributed by atoms with van der Waals surface area (Å²) in [5.41, 5.74) is 6.83. The van der Waals surface area contributed by atoms with Crippen LogP contribution < -0.4 is 5.32 Å². The fourth-order valence-electron chi connectivity index (χ4n) is 5.42. The second kappa shape index (κ2) is 12.9. The number of aromatic nitrogens is 1. The molecule has 1 aliphatic rings. The molecule has 1 aromatic heterocycles. The predicted molar refractivity (Wildman–Crippen MR) is 156 cm³/mol. The fraction of sp³-hybridized carbons (Fsp3) is 0.419. The van der Waals surface area contributed by atoms with Crippen LogP contribution in [0.15, 0.2) is 41.9 Å². The Kier molecular flexibility index (Phi) is 9.55. The van der Waals surface area contributed by atoms with Crippen LogP contribution in [0.3, 0.4) is 0 Å². The molecule has 10 heteroatoms. The van der Waals surface area contributed by atoms with E-state index in [0.717, 1.165) is 27.3 Å². The van der Waals surface area contributed by atoms with E-state index in [2.05, 4.69) is 16.4 Å². The van der Waals surface area contributed by atoms with Crippen molar-refractivity contribution in [2.75, 3.05) is 6.54 Å². The Hall–Kier alpha value is -3.63. The third-order valence-corrected chi connectivity index (χ3v) is 8.76. The van der Waals surface area contributed by atoms with Crippen LogP contribution in [0.5, 0.6) is 0 Å². The number of carbonyl (C=O) groups is 3. The molecule has 2 aromatic carbocycles. The van der Waals surface area contributed by atoms with Crippen molar-refractivity contribution in [1.29, 1.82) is 0 Å². The molecule has 2 heterocycles. The maximum atomic E-state index is 14.1. The Morgan fingerprint density at radius 2 is 1.98 bits per heavy atom. The Morgan fingerprint density at radius 1 is 1.22 bits per heavy atom. The molecule has 3 atom stereocenters. The van der Waals surface area contributed by atoms with Crippen molar-refractivity contribution in [2.24, 2.45) is 5.92 Å². The molecule has 1 aliphatic heterocycles. The van der Waals surface area contributed by atoms with Crippen LogP contribution in [0.4, 0.5) is 4.39 Å². The lowest BCUT2D eigenvalue weighted by Crippen LogP contribution is -2.55. The first-order valence-corrected chi connectivity index (χ1v) is 14.6. The van der Waals surface area contributed by atoms with E-state index in [4.69, 9.17) is 0 Å². The summed E-state index contributed by atoms with van der Waals surface area (Å²) in [5.74, 6) is -1.45. The summed E-state index contributed by atoms with van der Waals surface area (Å²) in [4.78, 5) is 47.5. The maximum absolute atomic E-state index is 14.1. The molecule has 41 heavy (non-hydrogen) atoms. The SMILES string of the molecule is Cc1cc(-c2scnc2C)ccc1CNC(=O)C1CC(O)CN1C(=O)C(C(C)C)N(C=O)Cc1cccc(F)c1C. The summed E-state index contributed by atoms with van der Waals surface area (Å²) in [6.45, 7) is 9.54. The van der Waals surface area contributed by atoms with Crippen LogP contribution in [0, 0.1) is 32.5 Å². The van der Waals surface area contributed by atoms with E-state index in [-0.39, 0.29) is 43.7 Å². The first kappa shape index (κ1) is 30.3. The number of hydrogen-bond acceptors (Lipinski definition) is 6. The van der Waals surface area contributed by atoms with E-state index in [1.165, 1.54) is 15.9 Å². The summed E-state index contributed by atoms with van der Waals surface area (Å²) in [5, 5.41) is 13.4. The third kappa shape index (κ3) is 6.65. The Bertz CT molecular complexity index is 1420. The van der Waals surface area contributed by atoms with Crippen molar-refractivity contribution >= 4 is 29.6 Å². The van der Waals surface area contributed by atoms with E-state index in [1.54, 1.807) is 30.4 Å². The molecule has 1 fully saturated rings. The average molecular weight is 581 g/mol. The first-order valence-electron chi connectivity index (χ1n) is 13.7. The number of halogens is 1. The van der Waals surface area contributed by atoms with Gasteiger partial charge in [-0.15, -0.1) is 11.3 Å². The highest BCUT2D eigenvalue weighted by Gasteiger charge is 2.43. The Balaban J connectivity index is 1.48. The van der Waals surface area contributed by atoms with Crippen molar-refractivity contribution in [3.8, 4) is 10.4 Å². The number of likely N-dealkylation sites (tertiary alicyclic amines) is 1. The van der Waals surface area contributed by atoms with Gasteiger partial charge >= 0.3 is 0 Å². The van der Waals surface area contributed by atoms with E-state index in [0.29, 0.717) is 17.5 Å². The quantitative estimate of drug-likeness (QED) is 0.351. The summed E-state index contributed by atoms with van der Waals surface area (Å²) >= 11 is 1.58. The van der Waals surface area contributed by atoms with Gasteiger partial charge in [0.1, 0.15) is 17.9 Å². The second-order valence-electron chi connectivity index (χ2n) is 11.0. The smallest absolute Gasteiger partial charge is 0.246 e. The molecule has 3 aromatic rings. The van der Waals surface area contributed by atoms with Gasteiger partial charge in [-0.1, -0.05) is 44.2 Å². The van der Waals surface area contributed by atoms with Crippen LogP contribution >= 0.6 is 11.3 Å². The zero-order chi connectivity index (χ0) is 29.8. The monoisotopic (exact) mass is 580 g/mol. The average Bonchev–Trinajstić information content (AvgIpc) is 3.54. The molecule has 0 radical (unpaired) electrons. The van der Waals surface area contributed by atoms with E-state index in [1.807, 2.05) is 45.3 Å². The number of nitrogens with one attached hydrogen (secondary N) is 1. The predicted octanol–water partition coefficient (Wildman–Crippen LogP) is 4.14. The zero-order valence-corrected chi connectivity index (χ0v) is 24.9. The van der Waals surface area contributed by atoms with Gasteiger partial charge in [0, 0.05) is 26.1 Å². The molecule has 0 saturated carbocycles. The molecule has 0 aliphatic carbocycles. The molecule has 218 valence electrons. The van der Waals surface area contributed by atoms with Crippen LogP contribution in [-0.4, -0.2) is 62.8 Å². The highest BCUT2D eigenvalue weighted by molar-refractivity contribution is 7.13. The topological polar surface area (TPSA) is 103 Å². The lowest BCUT2D eigenvalue weighted by molar-refractivity contribution is -0.147. The Morgan fingerprint density at radius 3 is 2.61 bits per heavy atom. The molecule has 3 amide bonds. The summed E-state index contributed by atoms with van der Waals surface area (Å²) in [6.07, 6.45) is -0.162. The molecular weight excluding hydrogens is 543 g/mol. The van der Waals surface area contributed by atoms with Crippen molar-refractivity contribution < 1.29 is 23.9 Å². The number of aliphatic hydroxyl groups excluding tert-OH is 1. The second-order valence-corrected chi connectivity index (χ2v) is 11.9. The van der Waals surface area contributed by atoms with Crippen molar-refractivity contribution in [3.63, 3.8) is 0 Å². The van der Waals surface area contributed by atoms with Crippen LogP contribution in [-0.2, 0) is 27.5 Å². The number of rotatable bonds is 10. The van der Waals surface area contributed by atoms with Gasteiger partial charge in [0.25, 0.3) is 0 Å². The lowest BCUT2D eigenvalue weighted by Gasteiger charge is -2.35. The maximum Gasteiger partial charge on any atom is 0.246 e. The number of amides is 3.